The van der Waals surface area contributed by atoms with E-state index in [0.29, 0.717) is 5.92 Å². The molecule has 3 rings (SSSR count). The fourth-order valence-corrected chi connectivity index (χ4v) is 4.83. The van der Waals surface area contributed by atoms with Crippen molar-refractivity contribution >= 4 is 0 Å². The molecule has 2 nitrogen and oxygen atoms in total. The lowest BCUT2D eigenvalue weighted by Crippen LogP contribution is -2.49. The van der Waals surface area contributed by atoms with E-state index in [0.717, 1.165) is 18.4 Å². The summed E-state index contributed by atoms with van der Waals surface area (Å²) in [6.45, 7) is 2.48. The van der Waals surface area contributed by atoms with Crippen LogP contribution in [-0.4, -0.2) is 35.2 Å². The lowest BCUT2D eigenvalue weighted by molar-refractivity contribution is 0.0149. The first-order chi connectivity index (χ1) is 9.34. The Morgan fingerprint density at radius 1 is 0.789 bits per heavy atom. The van der Waals surface area contributed by atoms with Crippen LogP contribution >= 0.6 is 0 Å². The molecule has 0 amide bonds. The van der Waals surface area contributed by atoms with Gasteiger partial charge in [0, 0.05) is 12.6 Å². The number of aliphatic hydroxyl groups is 1. The first-order valence-electron chi connectivity index (χ1n) is 8.77. The van der Waals surface area contributed by atoms with Gasteiger partial charge in [-0.05, 0) is 56.9 Å². The van der Waals surface area contributed by atoms with Gasteiger partial charge in [-0.25, -0.2) is 0 Å². The highest BCUT2D eigenvalue weighted by molar-refractivity contribution is 4.89. The quantitative estimate of drug-likeness (QED) is 0.771. The van der Waals surface area contributed by atoms with Crippen molar-refractivity contribution in [2.75, 3.05) is 13.1 Å². The fraction of sp³-hybridized carbons (Fsp3) is 1.00. The molecule has 2 heteroatoms. The molecule has 110 valence electrons. The van der Waals surface area contributed by atoms with Crippen molar-refractivity contribution in [1.29, 1.82) is 0 Å². The molecule has 3 fully saturated rings. The average molecular weight is 265 g/mol. The van der Waals surface area contributed by atoms with Crippen molar-refractivity contribution < 1.29 is 5.11 Å². The number of hydrogen-bond acceptors (Lipinski definition) is 2. The Labute approximate surface area is 118 Å². The van der Waals surface area contributed by atoms with Gasteiger partial charge < -0.3 is 5.11 Å². The van der Waals surface area contributed by atoms with Crippen LogP contribution in [0.3, 0.4) is 0 Å². The van der Waals surface area contributed by atoms with Gasteiger partial charge in [-0.1, -0.05) is 32.1 Å². The summed E-state index contributed by atoms with van der Waals surface area (Å²) in [5.41, 5.74) is 0. The molecule has 0 bridgehead atoms. The molecule has 0 aromatic carbocycles. The summed E-state index contributed by atoms with van der Waals surface area (Å²) in [5.74, 6) is 1.54. The second-order valence-electron chi connectivity index (χ2n) is 7.21. The summed E-state index contributed by atoms with van der Waals surface area (Å²) in [7, 11) is 0. The van der Waals surface area contributed by atoms with Crippen LogP contribution in [0.5, 0.6) is 0 Å². The van der Waals surface area contributed by atoms with E-state index in [2.05, 4.69) is 4.90 Å². The van der Waals surface area contributed by atoms with Crippen LogP contribution in [-0.2, 0) is 0 Å². The molecular formula is C17H31NO. The minimum Gasteiger partial charge on any atom is -0.393 e. The number of hydrogen-bond donors (Lipinski definition) is 1. The van der Waals surface area contributed by atoms with Crippen LogP contribution in [0.2, 0.25) is 0 Å². The summed E-state index contributed by atoms with van der Waals surface area (Å²) in [6, 6.07) is 0.859. The third-order valence-corrected chi connectivity index (χ3v) is 5.95. The predicted octanol–water partition coefficient (Wildman–Crippen LogP) is 3.58. The smallest absolute Gasteiger partial charge is 0.0580 e. The van der Waals surface area contributed by atoms with Gasteiger partial charge in [-0.2, -0.15) is 0 Å². The second kappa shape index (κ2) is 6.58. The summed E-state index contributed by atoms with van der Waals surface area (Å²) in [6.07, 6.45) is 14.8. The molecule has 0 spiro atoms. The summed E-state index contributed by atoms with van der Waals surface area (Å²) < 4.78 is 0. The molecule has 2 saturated carbocycles. The second-order valence-corrected chi connectivity index (χ2v) is 7.21. The molecule has 4 atom stereocenters. The van der Waals surface area contributed by atoms with Gasteiger partial charge in [-0.15, -0.1) is 0 Å². The highest BCUT2D eigenvalue weighted by Crippen LogP contribution is 2.36. The van der Waals surface area contributed by atoms with E-state index in [1.807, 2.05) is 0 Å². The molecule has 1 N–H and O–H groups in total. The lowest BCUT2D eigenvalue weighted by Gasteiger charge is -2.45. The van der Waals surface area contributed by atoms with Crippen molar-refractivity contribution in [3.05, 3.63) is 0 Å². The van der Waals surface area contributed by atoms with E-state index in [9.17, 15) is 5.11 Å². The van der Waals surface area contributed by atoms with Crippen LogP contribution in [0.4, 0.5) is 0 Å². The summed E-state index contributed by atoms with van der Waals surface area (Å²) >= 11 is 0. The SMILES string of the molecule is OC1CCCCCC1CN1CCC[C@H]2CCCC[C@H]21. The van der Waals surface area contributed by atoms with Gasteiger partial charge >= 0.3 is 0 Å². The normalized spacial score (nSPS) is 41.5. The molecule has 3 aliphatic rings. The van der Waals surface area contributed by atoms with E-state index in [4.69, 9.17) is 0 Å². The standard InChI is InChI=1S/C17H31NO/c19-17-11-3-1-2-8-15(17)13-18-12-6-9-14-7-4-5-10-16(14)18/h14-17,19H,1-13H2/t14-,15?,16-,17?/m1/s1. The van der Waals surface area contributed by atoms with Gasteiger partial charge in [0.05, 0.1) is 6.10 Å². The molecular weight excluding hydrogens is 234 g/mol. The third kappa shape index (κ3) is 3.33. The predicted molar refractivity (Wildman–Crippen MR) is 79.1 cm³/mol. The van der Waals surface area contributed by atoms with Crippen molar-refractivity contribution in [3.8, 4) is 0 Å². The Hall–Kier alpha value is -0.0800. The van der Waals surface area contributed by atoms with Gasteiger partial charge in [-0.3, -0.25) is 4.90 Å². The highest BCUT2D eigenvalue weighted by Gasteiger charge is 2.35. The first-order valence-corrected chi connectivity index (χ1v) is 8.77. The van der Waals surface area contributed by atoms with Crippen LogP contribution in [0.25, 0.3) is 0 Å². The van der Waals surface area contributed by atoms with Gasteiger partial charge in [0.25, 0.3) is 0 Å². The molecule has 0 radical (unpaired) electrons. The van der Waals surface area contributed by atoms with E-state index < -0.39 is 0 Å². The number of nitrogens with zero attached hydrogens (tertiary/aromatic N) is 1. The molecule has 1 aliphatic heterocycles. The fourth-order valence-electron chi connectivity index (χ4n) is 4.83. The number of piperidine rings is 1. The van der Waals surface area contributed by atoms with Crippen LogP contribution in [0, 0.1) is 11.8 Å². The monoisotopic (exact) mass is 265 g/mol. The molecule has 19 heavy (non-hydrogen) atoms. The van der Waals surface area contributed by atoms with Crippen molar-refractivity contribution in [2.45, 2.75) is 82.8 Å². The Morgan fingerprint density at radius 3 is 2.47 bits per heavy atom. The van der Waals surface area contributed by atoms with Crippen molar-refractivity contribution in [2.24, 2.45) is 11.8 Å². The lowest BCUT2D eigenvalue weighted by atomic mass is 9.78. The third-order valence-electron chi connectivity index (χ3n) is 5.95. The molecule has 2 aliphatic carbocycles. The maximum Gasteiger partial charge on any atom is 0.0580 e. The summed E-state index contributed by atoms with van der Waals surface area (Å²) in [5, 5.41) is 10.3. The Morgan fingerprint density at radius 2 is 1.53 bits per heavy atom. The maximum atomic E-state index is 10.3. The number of fused-ring (bicyclic) bond motifs is 1. The van der Waals surface area contributed by atoms with Crippen LogP contribution in [0.1, 0.15) is 70.6 Å². The average Bonchev–Trinajstić information content (AvgIpc) is 2.65. The summed E-state index contributed by atoms with van der Waals surface area (Å²) in [4.78, 5) is 2.77. The number of aliphatic hydroxyl groups excluding tert-OH is 1. The van der Waals surface area contributed by atoms with Crippen molar-refractivity contribution in [1.82, 2.24) is 4.90 Å². The zero-order valence-corrected chi connectivity index (χ0v) is 12.4. The van der Waals surface area contributed by atoms with E-state index in [1.54, 1.807) is 0 Å². The molecule has 0 aromatic heterocycles. The first kappa shape index (κ1) is 13.9. The van der Waals surface area contributed by atoms with Gasteiger partial charge in [0.2, 0.25) is 0 Å². The number of rotatable bonds is 2. The van der Waals surface area contributed by atoms with E-state index in [1.165, 1.54) is 77.3 Å². The topological polar surface area (TPSA) is 23.5 Å². The zero-order valence-electron chi connectivity index (χ0n) is 12.4. The Kier molecular flexibility index (Phi) is 4.81. The number of likely N-dealkylation sites (tertiary alicyclic amines) is 1. The molecule has 1 saturated heterocycles. The Balaban J connectivity index is 1.60. The van der Waals surface area contributed by atoms with Crippen molar-refractivity contribution in [3.63, 3.8) is 0 Å². The minimum absolute atomic E-state index is 0.0218. The van der Waals surface area contributed by atoms with E-state index in [-0.39, 0.29) is 6.10 Å². The maximum absolute atomic E-state index is 10.3. The molecule has 0 aromatic rings. The van der Waals surface area contributed by atoms with Crippen LogP contribution < -0.4 is 0 Å². The largest absolute Gasteiger partial charge is 0.393 e. The minimum atomic E-state index is -0.0218. The van der Waals surface area contributed by atoms with Crippen LogP contribution in [0.15, 0.2) is 0 Å². The van der Waals surface area contributed by atoms with E-state index >= 15 is 0 Å². The zero-order chi connectivity index (χ0) is 13.1. The Bertz CT molecular complexity index is 278. The molecule has 2 unspecified atom stereocenters. The molecule has 1 heterocycles. The van der Waals surface area contributed by atoms with Gasteiger partial charge in [0.1, 0.15) is 0 Å². The highest BCUT2D eigenvalue weighted by atomic mass is 16.3. The van der Waals surface area contributed by atoms with Gasteiger partial charge in [0.15, 0.2) is 0 Å².